The lowest BCUT2D eigenvalue weighted by molar-refractivity contribution is 0.0615. The average molecular weight is 421 g/mol. The molecule has 3 aromatic rings. The van der Waals surface area contributed by atoms with E-state index in [0.29, 0.717) is 38.0 Å². The topological polar surface area (TPSA) is 71.7 Å². The molecular weight excluding hydrogens is 392 g/mol. The van der Waals surface area contributed by atoms with Crippen LogP contribution in [0.1, 0.15) is 35.7 Å². The Morgan fingerprint density at radius 1 is 1.03 bits per heavy atom. The lowest BCUT2D eigenvalue weighted by atomic mass is 10.1. The molecule has 1 aliphatic heterocycles. The number of piperazine rings is 1. The van der Waals surface area contributed by atoms with E-state index in [1.807, 2.05) is 60.4 Å². The molecule has 0 spiro atoms. The van der Waals surface area contributed by atoms with Crippen LogP contribution >= 0.6 is 0 Å². The standard InChI is InChI=1S/C24H28N4O3/c1-3-18-9-11-19(12-10-18)24(29)28-15-13-27(14-16-28)17-22-25-23(26-31-22)20-7-5-6-8-21(20)30-4-2/h5-12H,3-4,13-17H2,1-2H3. The minimum absolute atomic E-state index is 0.0925. The first-order chi connectivity index (χ1) is 15.2. The molecule has 0 aliphatic carbocycles. The predicted molar refractivity (Wildman–Crippen MR) is 118 cm³/mol. The zero-order chi connectivity index (χ0) is 21.6. The third-order valence-corrected chi connectivity index (χ3v) is 5.52. The second kappa shape index (κ2) is 9.75. The molecule has 7 heteroatoms. The second-order valence-corrected chi connectivity index (χ2v) is 7.56. The van der Waals surface area contributed by atoms with Gasteiger partial charge in [-0.15, -0.1) is 0 Å². The van der Waals surface area contributed by atoms with Gasteiger partial charge in [0, 0.05) is 31.7 Å². The lowest BCUT2D eigenvalue weighted by Crippen LogP contribution is -2.48. The highest BCUT2D eigenvalue weighted by molar-refractivity contribution is 5.94. The number of para-hydroxylation sites is 1. The summed E-state index contributed by atoms with van der Waals surface area (Å²) in [5.74, 6) is 1.94. The van der Waals surface area contributed by atoms with Crippen molar-refractivity contribution in [3.05, 3.63) is 65.5 Å². The van der Waals surface area contributed by atoms with E-state index in [4.69, 9.17) is 9.26 Å². The number of hydrogen-bond acceptors (Lipinski definition) is 6. The van der Waals surface area contributed by atoms with Crippen molar-refractivity contribution >= 4 is 5.91 Å². The first-order valence-electron chi connectivity index (χ1n) is 10.8. The highest BCUT2D eigenvalue weighted by atomic mass is 16.5. The molecule has 1 aromatic heterocycles. The SMILES string of the molecule is CCOc1ccccc1-c1noc(CN2CCN(C(=O)c3ccc(CC)cc3)CC2)n1. The Morgan fingerprint density at radius 3 is 2.48 bits per heavy atom. The molecule has 0 radical (unpaired) electrons. The van der Waals surface area contributed by atoms with Gasteiger partial charge in [-0.2, -0.15) is 4.98 Å². The van der Waals surface area contributed by atoms with Gasteiger partial charge in [0.05, 0.1) is 18.7 Å². The number of ether oxygens (including phenoxy) is 1. The summed E-state index contributed by atoms with van der Waals surface area (Å²) in [5.41, 5.74) is 2.81. The normalized spacial score (nSPS) is 14.6. The number of carbonyl (C=O) groups is 1. The Kier molecular flexibility index (Phi) is 6.62. The molecule has 1 fully saturated rings. The van der Waals surface area contributed by atoms with Gasteiger partial charge in [-0.1, -0.05) is 36.3 Å². The summed E-state index contributed by atoms with van der Waals surface area (Å²) in [6, 6.07) is 15.6. The molecule has 31 heavy (non-hydrogen) atoms. The average Bonchev–Trinajstić information content (AvgIpc) is 3.28. The molecule has 0 unspecified atom stereocenters. The van der Waals surface area contributed by atoms with E-state index in [0.717, 1.165) is 36.4 Å². The number of hydrogen-bond donors (Lipinski definition) is 0. The number of rotatable bonds is 7. The van der Waals surface area contributed by atoms with Crippen LogP contribution in [0.3, 0.4) is 0 Å². The van der Waals surface area contributed by atoms with Gasteiger partial charge in [-0.3, -0.25) is 9.69 Å². The van der Waals surface area contributed by atoms with Crippen LogP contribution in [-0.2, 0) is 13.0 Å². The van der Waals surface area contributed by atoms with E-state index < -0.39 is 0 Å². The summed E-state index contributed by atoms with van der Waals surface area (Å²) in [7, 11) is 0. The molecule has 2 aromatic carbocycles. The number of aryl methyl sites for hydroxylation is 1. The summed E-state index contributed by atoms with van der Waals surface area (Å²) in [5, 5.41) is 4.13. The van der Waals surface area contributed by atoms with Crippen molar-refractivity contribution in [1.82, 2.24) is 19.9 Å². The zero-order valence-electron chi connectivity index (χ0n) is 18.1. The summed E-state index contributed by atoms with van der Waals surface area (Å²) >= 11 is 0. The Balaban J connectivity index is 1.34. The third-order valence-electron chi connectivity index (χ3n) is 5.52. The smallest absolute Gasteiger partial charge is 0.253 e. The van der Waals surface area contributed by atoms with E-state index in [2.05, 4.69) is 22.0 Å². The molecule has 0 saturated carbocycles. The molecule has 2 heterocycles. The highest BCUT2D eigenvalue weighted by Crippen LogP contribution is 2.27. The van der Waals surface area contributed by atoms with Crippen LogP contribution in [0.2, 0.25) is 0 Å². The fraction of sp³-hybridized carbons (Fsp3) is 0.375. The monoisotopic (exact) mass is 420 g/mol. The van der Waals surface area contributed by atoms with Gasteiger partial charge in [0.15, 0.2) is 0 Å². The van der Waals surface area contributed by atoms with Gasteiger partial charge in [0.2, 0.25) is 11.7 Å². The molecule has 162 valence electrons. The molecular formula is C24H28N4O3. The summed E-state index contributed by atoms with van der Waals surface area (Å²) in [6.07, 6.45) is 0.974. The Morgan fingerprint density at radius 2 is 1.77 bits per heavy atom. The van der Waals surface area contributed by atoms with Crippen molar-refractivity contribution in [3.63, 3.8) is 0 Å². The molecule has 0 N–H and O–H groups in total. The van der Waals surface area contributed by atoms with Crippen LogP contribution in [0.25, 0.3) is 11.4 Å². The van der Waals surface area contributed by atoms with Crippen molar-refractivity contribution in [2.45, 2.75) is 26.8 Å². The first-order valence-corrected chi connectivity index (χ1v) is 10.8. The van der Waals surface area contributed by atoms with E-state index in [1.165, 1.54) is 5.56 Å². The molecule has 1 saturated heterocycles. The molecule has 4 rings (SSSR count). The molecule has 0 atom stereocenters. The van der Waals surface area contributed by atoms with Crippen molar-refractivity contribution in [1.29, 1.82) is 0 Å². The van der Waals surface area contributed by atoms with Crippen LogP contribution in [0.4, 0.5) is 0 Å². The van der Waals surface area contributed by atoms with E-state index in [1.54, 1.807) is 0 Å². The van der Waals surface area contributed by atoms with Gasteiger partial charge in [0.25, 0.3) is 5.91 Å². The number of carbonyl (C=O) groups excluding carboxylic acids is 1. The first kappa shape index (κ1) is 21.1. The Labute approximate surface area is 182 Å². The van der Waals surface area contributed by atoms with Crippen LogP contribution in [0.15, 0.2) is 53.1 Å². The van der Waals surface area contributed by atoms with Crippen molar-refractivity contribution in [3.8, 4) is 17.1 Å². The van der Waals surface area contributed by atoms with Gasteiger partial charge in [-0.05, 0) is 43.2 Å². The maximum absolute atomic E-state index is 12.8. The number of aromatic nitrogens is 2. The fourth-order valence-corrected chi connectivity index (χ4v) is 3.73. The largest absolute Gasteiger partial charge is 0.493 e. The molecule has 1 aliphatic rings. The van der Waals surface area contributed by atoms with Crippen LogP contribution in [0, 0.1) is 0 Å². The summed E-state index contributed by atoms with van der Waals surface area (Å²) in [6.45, 7) is 8.11. The van der Waals surface area contributed by atoms with E-state index in [9.17, 15) is 4.79 Å². The maximum atomic E-state index is 12.8. The summed E-state index contributed by atoms with van der Waals surface area (Å²) < 4.78 is 11.1. The lowest BCUT2D eigenvalue weighted by Gasteiger charge is -2.34. The minimum atomic E-state index is 0.0925. The van der Waals surface area contributed by atoms with Crippen LogP contribution in [0.5, 0.6) is 5.75 Å². The van der Waals surface area contributed by atoms with Crippen LogP contribution in [-0.4, -0.2) is 58.6 Å². The van der Waals surface area contributed by atoms with E-state index in [-0.39, 0.29) is 5.91 Å². The molecule has 0 bridgehead atoms. The van der Waals surface area contributed by atoms with Crippen LogP contribution < -0.4 is 4.74 Å². The predicted octanol–water partition coefficient (Wildman–Crippen LogP) is 3.66. The van der Waals surface area contributed by atoms with Gasteiger partial charge >= 0.3 is 0 Å². The van der Waals surface area contributed by atoms with Gasteiger partial charge in [-0.25, -0.2) is 0 Å². The number of benzene rings is 2. The van der Waals surface area contributed by atoms with E-state index >= 15 is 0 Å². The molecule has 7 nitrogen and oxygen atoms in total. The third kappa shape index (κ3) is 4.94. The second-order valence-electron chi connectivity index (χ2n) is 7.56. The van der Waals surface area contributed by atoms with Crippen molar-refractivity contribution in [2.24, 2.45) is 0 Å². The van der Waals surface area contributed by atoms with Gasteiger partial charge < -0.3 is 14.2 Å². The van der Waals surface area contributed by atoms with Crippen molar-refractivity contribution in [2.75, 3.05) is 32.8 Å². The Hall–Kier alpha value is -3.19. The summed E-state index contributed by atoms with van der Waals surface area (Å²) in [4.78, 5) is 21.5. The Bertz CT molecular complexity index is 1010. The zero-order valence-corrected chi connectivity index (χ0v) is 18.1. The minimum Gasteiger partial charge on any atom is -0.493 e. The number of nitrogens with zero attached hydrogens (tertiary/aromatic N) is 4. The quantitative estimate of drug-likeness (QED) is 0.581. The number of amides is 1. The van der Waals surface area contributed by atoms with Gasteiger partial charge in [0.1, 0.15) is 5.75 Å². The molecule has 1 amide bonds. The van der Waals surface area contributed by atoms with Crippen molar-refractivity contribution < 1.29 is 14.1 Å². The highest BCUT2D eigenvalue weighted by Gasteiger charge is 2.24. The maximum Gasteiger partial charge on any atom is 0.253 e. The fourth-order valence-electron chi connectivity index (χ4n) is 3.73.